The molecular formula is C27H29N5O. The van der Waals surface area contributed by atoms with Crippen molar-refractivity contribution in [3.05, 3.63) is 78.4 Å². The van der Waals surface area contributed by atoms with Gasteiger partial charge in [-0.25, -0.2) is 0 Å². The fourth-order valence-corrected chi connectivity index (χ4v) is 4.78. The van der Waals surface area contributed by atoms with Crippen LogP contribution in [-0.2, 0) is 6.54 Å². The lowest BCUT2D eigenvalue weighted by Crippen LogP contribution is -2.48. The number of anilines is 3. The fraction of sp³-hybridized carbons (Fsp3) is 0.222. The second kappa shape index (κ2) is 8.54. The van der Waals surface area contributed by atoms with Crippen LogP contribution in [0.5, 0.6) is 0 Å². The van der Waals surface area contributed by atoms with Crippen molar-refractivity contribution in [2.45, 2.75) is 13.5 Å². The Hall–Kier alpha value is -3.93. The molecule has 0 unspecified atom stereocenters. The molecule has 168 valence electrons. The first kappa shape index (κ1) is 20.9. The van der Waals surface area contributed by atoms with Crippen LogP contribution in [0.25, 0.3) is 22.2 Å². The van der Waals surface area contributed by atoms with Gasteiger partial charge in [0, 0.05) is 60.6 Å². The molecule has 4 aromatic rings. The molecule has 4 N–H and O–H groups in total. The van der Waals surface area contributed by atoms with Crippen LogP contribution in [0.4, 0.5) is 17.1 Å². The van der Waals surface area contributed by atoms with Gasteiger partial charge in [-0.2, -0.15) is 0 Å². The van der Waals surface area contributed by atoms with Gasteiger partial charge in [0.1, 0.15) is 0 Å². The van der Waals surface area contributed by atoms with E-state index in [4.69, 9.17) is 11.5 Å². The van der Waals surface area contributed by atoms with Crippen LogP contribution in [0.3, 0.4) is 0 Å². The molecular weight excluding hydrogens is 410 g/mol. The molecule has 5 rings (SSSR count). The molecule has 0 spiro atoms. The first-order chi connectivity index (χ1) is 16.1. The minimum Gasteiger partial charge on any atom is -0.399 e. The number of nitrogen functional groups attached to an aromatic ring is 2. The maximum Gasteiger partial charge on any atom is 0.254 e. The average molecular weight is 440 g/mol. The molecule has 1 amide bonds. The number of amides is 1. The Kier molecular flexibility index (Phi) is 5.42. The van der Waals surface area contributed by atoms with E-state index >= 15 is 0 Å². The summed E-state index contributed by atoms with van der Waals surface area (Å²) in [5.41, 5.74) is 18.8. The third-order valence-corrected chi connectivity index (χ3v) is 6.54. The number of hydrogen-bond donors (Lipinski definition) is 2. The van der Waals surface area contributed by atoms with Gasteiger partial charge in [-0.1, -0.05) is 30.3 Å². The number of benzene rings is 3. The van der Waals surface area contributed by atoms with E-state index in [-0.39, 0.29) is 5.91 Å². The summed E-state index contributed by atoms with van der Waals surface area (Å²) in [6, 6.07) is 24.0. The highest BCUT2D eigenvalue weighted by atomic mass is 16.2. The Labute approximate surface area is 194 Å². The van der Waals surface area contributed by atoms with E-state index in [1.807, 2.05) is 53.4 Å². The molecule has 1 aliphatic heterocycles. The van der Waals surface area contributed by atoms with Crippen molar-refractivity contribution in [3.63, 3.8) is 0 Å². The molecule has 1 fully saturated rings. The maximum atomic E-state index is 13.3. The van der Waals surface area contributed by atoms with E-state index in [0.29, 0.717) is 18.7 Å². The second-order valence-electron chi connectivity index (χ2n) is 8.48. The highest BCUT2D eigenvalue weighted by molar-refractivity contribution is 6.05. The number of nitrogens with two attached hydrogens (primary N) is 2. The summed E-state index contributed by atoms with van der Waals surface area (Å²) < 4.78 is 2.18. The van der Waals surface area contributed by atoms with Gasteiger partial charge < -0.3 is 25.8 Å². The van der Waals surface area contributed by atoms with Crippen LogP contribution in [0.1, 0.15) is 17.3 Å². The van der Waals surface area contributed by atoms with Crippen molar-refractivity contribution >= 4 is 33.9 Å². The van der Waals surface area contributed by atoms with E-state index in [1.165, 1.54) is 5.69 Å². The standard InChI is InChI=1S/C27H29N5O/c1-2-32-24-18-20(10-13-23(24)25(29)26(32)19-8-11-21(28)12-9-19)27(33)31-16-14-30(15-17-31)22-6-4-3-5-7-22/h3-13,18H,2,14-17,28-29H2,1H3. The predicted molar refractivity (Wildman–Crippen MR) is 136 cm³/mol. The van der Waals surface area contributed by atoms with Crippen LogP contribution in [0, 0.1) is 0 Å². The van der Waals surface area contributed by atoms with Gasteiger partial charge in [-0.3, -0.25) is 4.79 Å². The van der Waals surface area contributed by atoms with E-state index in [2.05, 4.69) is 40.7 Å². The zero-order valence-electron chi connectivity index (χ0n) is 18.9. The summed E-state index contributed by atoms with van der Waals surface area (Å²) >= 11 is 0. The Morgan fingerprint density at radius 2 is 1.58 bits per heavy atom. The number of aromatic nitrogens is 1. The molecule has 0 atom stereocenters. The van der Waals surface area contributed by atoms with Gasteiger partial charge in [0.2, 0.25) is 0 Å². The normalized spacial score (nSPS) is 14.1. The summed E-state index contributed by atoms with van der Waals surface area (Å²) in [5, 5.41) is 0.967. The fourth-order valence-electron chi connectivity index (χ4n) is 4.78. The number of rotatable bonds is 4. The lowest BCUT2D eigenvalue weighted by Gasteiger charge is -2.36. The number of hydrogen-bond acceptors (Lipinski definition) is 4. The summed E-state index contributed by atoms with van der Waals surface area (Å²) in [6.45, 7) is 5.92. The third-order valence-electron chi connectivity index (χ3n) is 6.54. The molecule has 6 heteroatoms. The van der Waals surface area contributed by atoms with Crippen LogP contribution in [0.2, 0.25) is 0 Å². The van der Waals surface area contributed by atoms with Crippen LogP contribution >= 0.6 is 0 Å². The maximum absolute atomic E-state index is 13.3. The SMILES string of the molecule is CCn1c(-c2ccc(N)cc2)c(N)c2ccc(C(=O)N3CCN(c4ccccc4)CC3)cc21. The summed E-state index contributed by atoms with van der Waals surface area (Å²) in [5.74, 6) is 0.0704. The molecule has 1 saturated heterocycles. The molecule has 0 aliphatic carbocycles. The number of carbonyl (C=O) groups excluding carboxylic acids is 1. The Morgan fingerprint density at radius 1 is 0.879 bits per heavy atom. The van der Waals surface area contributed by atoms with Crippen molar-refractivity contribution in [3.8, 4) is 11.3 Å². The monoisotopic (exact) mass is 439 g/mol. The average Bonchev–Trinajstić information content (AvgIpc) is 3.15. The quantitative estimate of drug-likeness (QED) is 0.460. The molecule has 0 saturated carbocycles. The zero-order valence-corrected chi connectivity index (χ0v) is 18.9. The van der Waals surface area contributed by atoms with Crippen molar-refractivity contribution < 1.29 is 4.79 Å². The molecule has 6 nitrogen and oxygen atoms in total. The molecule has 2 heterocycles. The Morgan fingerprint density at radius 3 is 2.24 bits per heavy atom. The van der Waals surface area contributed by atoms with Crippen molar-refractivity contribution in [2.24, 2.45) is 0 Å². The molecule has 1 aromatic heterocycles. The smallest absolute Gasteiger partial charge is 0.254 e. The van der Waals surface area contributed by atoms with Gasteiger partial charge in [0.05, 0.1) is 16.9 Å². The highest BCUT2D eigenvalue weighted by Gasteiger charge is 2.24. The van der Waals surface area contributed by atoms with Gasteiger partial charge in [-0.15, -0.1) is 0 Å². The van der Waals surface area contributed by atoms with Crippen LogP contribution in [-0.4, -0.2) is 41.6 Å². The second-order valence-corrected chi connectivity index (χ2v) is 8.48. The number of nitrogens with zero attached hydrogens (tertiary/aromatic N) is 3. The zero-order chi connectivity index (χ0) is 22.9. The topological polar surface area (TPSA) is 80.5 Å². The van der Waals surface area contributed by atoms with Crippen LogP contribution in [0.15, 0.2) is 72.8 Å². The summed E-state index contributed by atoms with van der Waals surface area (Å²) in [6.07, 6.45) is 0. The molecule has 0 bridgehead atoms. The molecule has 3 aromatic carbocycles. The number of para-hydroxylation sites is 1. The van der Waals surface area contributed by atoms with Crippen molar-refractivity contribution in [1.29, 1.82) is 0 Å². The van der Waals surface area contributed by atoms with Crippen molar-refractivity contribution in [1.82, 2.24) is 9.47 Å². The largest absolute Gasteiger partial charge is 0.399 e. The van der Waals surface area contributed by atoms with E-state index < -0.39 is 0 Å². The first-order valence-corrected chi connectivity index (χ1v) is 11.4. The van der Waals surface area contributed by atoms with Gasteiger partial charge in [0.25, 0.3) is 5.91 Å². The summed E-state index contributed by atoms with van der Waals surface area (Å²) in [4.78, 5) is 17.6. The Bertz CT molecular complexity index is 1290. The Balaban J connectivity index is 1.42. The lowest BCUT2D eigenvalue weighted by atomic mass is 10.1. The highest BCUT2D eigenvalue weighted by Crippen LogP contribution is 2.37. The number of carbonyl (C=O) groups is 1. The van der Waals surface area contributed by atoms with Gasteiger partial charge >= 0.3 is 0 Å². The van der Waals surface area contributed by atoms with E-state index in [1.54, 1.807) is 0 Å². The lowest BCUT2D eigenvalue weighted by molar-refractivity contribution is 0.0747. The van der Waals surface area contributed by atoms with E-state index in [9.17, 15) is 4.79 Å². The minimum atomic E-state index is 0.0704. The van der Waals surface area contributed by atoms with Gasteiger partial charge in [0.15, 0.2) is 0 Å². The predicted octanol–water partition coefficient (Wildman–Crippen LogP) is 4.46. The first-order valence-electron chi connectivity index (χ1n) is 11.4. The number of fused-ring (bicyclic) bond motifs is 1. The number of aryl methyl sites for hydroxylation is 1. The molecule has 1 aliphatic rings. The van der Waals surface area contributed by atoms with Crippen LogP contribution < -0.4 is 16.4 Å². The van der Waals surface area contributed by atoms with E-state index in [0.717, 1.165) is 53.2 Å². The van der Waals surface area contributed by atoms with Crippen molar-refractivity contribution in [2.75, 3.05) is 42.5 Å². The minimum absolute atomic E-state index is 0.0704. The summed E-state index contributed by atoms with van der Waals surface area (Å²) in [7, 11) is 0. The third kappa shape index (κ3) is 3.78. The number of piperazine rings is 1. The molecule has 33 heavy (non-hydrogen) atoms. The molecule has 0 radical (unpaired) electrons. The van der Waals surface area contributed by atoms with Gasteiger partial charge in [-0.05, 0) is 49.4 Å².